The molecule has 2 aromatic heterocycles. The minimum Gasteiger partial charge on any atom is -0.260 e. The standard InChI is InChI=1S/C23H20N2/c1-3-4-11-18-16(2)22-20(12-8-15-24-22)23-19(18)13-14-21(25-23)17-9-6-5-7-10-17/h3-16,18H,1H2,2H3/b11-4-. The van der Waals surface area contributed by atoms with Crippen LogP contribution in [0.5, 0.6) is 0 Å². The van der Waals surface area contributed by atoms with Crippen LogP contribution in [0.15, 0.2) is 85.6 Å². The summed E-state index contributed by atoms with van der Waals surface area (Å²) in [7, 11) is 0. The highest BCUT2D eigenvalue weighted by atomic mass is 14.8. The Bertz CT molecular complexity index is 941. The minimum absolute atomic E-state index is 0.257. The zero-order chi connectivity index (χ0) is 17.2. The van der Waals surface area contributed by atoms with Crippen LogP contribution in [0.25, 0.3) is 22.5 Å². The van der Waals surface area contributed by atoms with Crippen LogP contribution in [-0.4, -0.2) is 9.97 Å². The van der Waals surface area contributed by atoms with Gasteiger partial charge in [-0.1, -0.05) is 68.1 Å². The summed E-state index contributed by atoms with van der Waals surface area (Å²) in [6.07, 6.45) is 7.92. The predicted octanol–water partition coefficient (Wildman–Crippen LogP) is 5.75. The molecular formula is C23H20N2. The lowest BCUT2D eigenvalue weighted by molar-refractivity contribution is 0.644. The first-order valence-corrected chi connectivity index (χ1v) is 8.60. The third kappa shape index (κ3) is 2.70. The van der Waals surface area contributed by atoms with Crippen LogP contribution in [0.4, 0.5) is 0 Å². The molecule has 2 atom stereocenters. The van der Waals surface area contributed by atoms with Gasteiger partial charge in [0.2, 0.25) is 0 Å². The predicted molar refractivity (Wildman–Crippen MR) is 103 cm³/mol. The molecule has 2 unspecified atom stereocenters. The fourth-order valence-corrected chi connectivity index (χ4v) is 3.61. The van der Waals surface area contributed by atoms with Gasteiger partial charge in [-0.05, 0) is 23.8 Å². The van der Waals surface area contributed by atoms with Gasteiger partial charge < -0.3 is 0 Å². The van der Waals surface area contributed by atoms with E-state index in [9.17, 15) is 0 Å². The molecule has 2 heterocycles. The Kier molecular flexibility index (Phi) is 4.02. The summed E-state index contributed by atoms with van der Waals surface area (Å²) >= 11 is 0. The van der Waals surface area contributed by atoms with Crippen molar-refractivity contribution in [1.82, 2.24) is 9.97 Å². The zero-order valence-electron chi connectivity index (χ0n) is 14.3. The fourth-order valence-electron chi connectivity index (χ4n) is 3.61. The number of hydrogen-bond acceptors (Lipinski definition) is 2. The average molecular weight is 324 g/mol. The molecule has 1 aromatic carbocycles. The van der Waals surface area contributed by atoms with Crippen molar-refractivity contribution in [3.63, 3.8) is 0 Å². The molecule has 0 saturated heterocycles. The van der Waals surface area contributed by atoms with E-state index >= 15 is 0 Å². The summed E-state index contributed by atoms with van der Waals surface area (Å²) in [5, 5.41) is 0. The summed E-state index contributed by atoms with van der Waals surface area (Å²) < 4.78 is 0. The van der Waals surface area contributed by atoms with Crippen molar-refractivity contribution in [2.75, 3.05) is 0 Å². The quantitative estimate of drug-likeness (QED) is 0.573. The Morgan fingerprint density at radius 1 is 1.00 bits per heavy atom. The van der Waals surface area contributed by atoms with E-state index in [0.717, 1.165) is 28.2 Å². The van der Waals surface area contributed by atoms with Gasteiger partial charge in [0.05, 0.1) is 17.1 Å². The summed E-state index contributed by atoms with van der Waals surface area (Å²) in [5.74, 6) is 0.567. The molecule has 122 valence electrons. The van der Waals surface area contributed by atoms with Gasteiger partial charge in [0, 0.05) is 29.2 Å². The molecule has 3 aromatic rings. The van der Waals surface area contributed by atoms with E-state index in [4.69, 9.17) is 4.98 Å². The van der Waals surface area contributed by atoms with E-state index in [1.807, 2.05) is 42.6 Å². The monoisotopic (exact) mass is 324 g/mol. The number of pyridine rings is 2. The number of allylic oxidation sites excluding steroid dienone is 3. The first-order valence-electron chi connectivity index (χ1n) is 8.60. The Morgan fingerprint density at radius 3 is 2.64 bits per heavy atom. The van der Waals surface area contributed by atoms with Gasteiger partial charge in [-0.25, -0.2) is 4.98 Å². The molecule has 2 heteroatoms. The van der Waals surface area contributed by atoms with Gasteiger partial charge in [-0.2, -0.15) is 0 Å². The second kappa shape index (κ2) is 6.48. The van der Waals surface area contributed by atoms with Gasteiger partial charge in [0.25, 0.3) is 0 Å². The molecule has 0 radical (unpaired) electrons. The highest BCUT2D eigenvalue weighted by Gasteiger charge is 2.31. The van der Waals surface area contributed by atoms with Crippen LogP contribution in [0.2, 0.25) is 0 Å². The van der Waals surface area contributed by atoms with E-state index < -0.39 is 0 Å². The number of benzene rings is 1. The number of nitrogens with zero attached hydrogens (tertiary/aromatic N) is 2. The minimum atomic E-state index is 0.257. The van der Waals surface area contributed by atoms with Gasteiger partial charge in [0.1, 0.15) is 0 Å². The molecule has 1 aliphatic rings. The van der Waals surface area contributed by atoms with Crippen molar-refractivity contribution < 1.29 is 0 Å². The van der Waals surface area contributed by atoms with Gasteiger partial charge in [-0.3, -0.25) is 4.98 Å². The van der Waals surface area contributed by atoms with Crippen molar-refractivity contribution >= 4 is 0 Å². The molecule has 0 aliphatic heterocycles. The Morgan fingerprint density at radius 2 is 1.84 bits per heavy atom. The number of fused-ring (bicyclic) bond motifs is 3. The van der Waals surface area contributed by atoms with Crippen molar-refractivity contribution in [3.05, 3.63) is 96.9 Å². The van der Waals surface area contributed by atoms with Crippen LogP contribution in [0.3, 0.4) is 0 Å². The van der Waals surface area contributed by atoms with Gasteiger partial charge in [0.15, 0.2) is 0 Å². The van der Waals surface area contributed by atoms with Crippen LogP contribution in [0.1, 0.15) is 30.0 Å². The lowest BCUT2D eigenvalue weighted by atomic mass is 9.76. The van der Waals surface area contributed by atoms with Crippen LogP contribution in [-0.2, 0) is 0 Å². The molecule has 0 N–H and O–H groups in total. The van der Waals surface area contributed by atoms with E-state index in [1.165, 1.54) is 5.56 Å². The zero-order valence-corrected chi connectivity index (χ0v) is 14.3. The highest BCUT2D eigenvalue weighted by Crippen LogP contribution is 2.46. The van der Waals surface area contributed by atoms with Crippen LogP contribution >= 0.6 is 0 Å². The molecule has 2 nitrogen and oxygen atoms in total. The summed E-state index contributed by atoms with van der Waals surface area (Å²) in [4.78, 5) is 9.68. The molecule has 25 heavy (non-hydrogen) atoms. The molecule has 4 rings (SSSR count). The SMILES string of the molecule is C=C/C=C\C1c2ccc(-c3ccccc3)nc2-c2cccnc2C1C. The maximum Gasteiger partial charge on any atom is 0.0766 e. The lowest BCUT2D eigenvalue weighted by Crippen LogP contribution is -2.16. The average Bonchev–Trinajstić information content (AvgIpc) is 2.68. The fraction of sp³-hybridized carbons (Fsp3) is 0.130. The highest BCUT2D eigenvalue weighted by molar-refractivity contribution is 5.74. The maximum absolute atomic E-state index is 5.02. The largest absolute Gasteiger partial charge is 0.260 e. The van der Waals surface area contributed by atoms with Crippen molar-refractivity contribution in [3.8, 4) is 22.5 Å². The lowest BCUT2D eigenvalue weighted by Gasteiger charge is -2.30. The first kappa shape index (κ1) is 15.5. The topological polar surface area (TPSA) is 25.8 Å². The maximum atomic E-state index is 5.02. The van der Waals surface area contributed by atoms with Crippen molar-refractivity contribution in [1.29, 1.82) is 0 Å². The number of hydrogen-bond donors (Lipinski definition) is 0. The smallest absolute Gasteiger partial charge is 0.0766 e. The Labute approximate surface area is 148 Å². The molecule has 0 bridgehead atoms. The Hall–Kier alpha value is -3.00. The van der Waals surface area contributed by atoms with Gasteiger partial charge >= 0.3 is 0 Å². The Balaban J connectivity index is 1.92. The third-order valence-corrected chi connectivity index (χ3v) is 4.87. The molecule has 0 fully saturated rings. The molecular weight excluding hydrogens is 304 g/mol. The van der Waals surface area contributed by atoms with E-state index in [1.54, 1.807) is 0 Å². The van der Waals surface area contributed by atoms with Crippen LogP contribution < -0.4 is 0 Å². The summed E-state index contributed by atoms with van der Waals surface area (Å²) in [5.41, 5.74) is 6.69. The number of rotatable bonds is 3. The third-order valence-electron chi connectivity index (χ3n) is 4.87. The molecule has 0 saturated carbocycles. The number of aromatic nitrogens is 2. The normalized spacial score (nSPS) is 18.6. The van der Waals surface area contributed by atoms with Crippen molar-refractivity contribution in [2.24, 2.45) is 0 Å². The van der Waals surface area contributed by atoms with E-state index in [0.29, 0.717) is 5.92 Å². The van der Waals surface area contributed by atoms with E-state index in [2.05, 4.69) is 54.9 Å². The second-order valence-corrected chi connectivity index (χ2v) is 6.37. The van der Waals surface area contributed by atoms with Crippen molar-refractivity contribution in [2.45, 2.75) is 18.8 Å². The summed E-state index contributed by atoms with van der Waals surface area (Å²) in [6.45, 7) is 6.04. The van der Waals surface area contributed by atoms with Crippen LogP contribution in [0, 0.1) is 0 Å². The van der Waals surface area contributed by atoms with Gasteiger partial charge in [-0.15, -0.1) is 0 Å². The van der Waals surface area contributed by atoms with E-state index in [-0.39, 0.29) is 5.92 Å². The molecule has 1 aliphatic carbocycles. The summed E-state index contributed by atoms with van der Waals surface area (Å²) in [6, 6.07) is 18.8. The molecule has 0 spiro atoms. The first-order chi connectivity index (χ1) is 12.3. The molecule has 0 amide bonds. The second-order valence-electron chi connectivity index (χ2n) is 6.37.